The molecule has 2 amide bonds. The molecule has 1 aliphatic rings. The molecule has 2 aromatic carbocycles. The maximum absolute atomic E-state index is 12.7. The Bertz CT molecular complexity index is 1260. The second kappa shape index (κ2) is 8.44. The van der Waals surface area contributed by atoms with Crippen molar-refractivity contribution in [2.45, 2.75) is 24.1 Å². The van der Waals surface area contributed by atoms with Gasteiger partial charge in [-0.05, 0) is 43.7 Å². The first-order chi connectivity index (χ1) is 14.8. The van der Waals surface area contributed by atoms with Gasteiger partial charge in [0.2, 0.25) is 11.0 Å². The summed E-state index contributed by atoms with van der Waals surface area (Å²) in [6.45, 7) is 2.47. The van der Waals surface area contributed by atoms with Gasteiger partial charge < -0.3 is 4.90 Å². The minimum absolute atomic E-state index is 0.0122. The number of hydrogen-bond acceptors (Lipinski definition) is 7. The molecule has 9 nitrogen and oxygen atoms in total. The van der Waals surface area contributed by atoms with Crippen LogP contribution >= 0.6 is 11.3 Å². The highest BCUT2D eigenvalue weighted by molar-refractivity contribution is 7.94. The molecule has 31 heavy (non-hydrogen) atoms. The average Bonchev–Trinajstić information content (AvgIpc) is 3.37. The lowest BCUT2D eigenvalue weighted by Crippen LogP contribution is -2.23. The van der Waals surface area contributed by atoms with E-state index in [1.807, 2.05) is 13.0 Å². The maximum atomic E-state index is 12.7. The van der Waals surface area contributed by atoms with Gasteiger partial charge in [0, 0.05) is 24.2 Å². The highest BCUT2D eigenvalue weighted by Gasteiger charge is 2.24. The fraction of sp³-hybridized carbons (Fsp3) is 0.200. The maximum Gasteiger partial charge on any atom is 0.291 e. The Morgan fingerprint density at radius 2 is 1.94 bits per heavy atom. The van der Waals surface area contributed by atoms with E-state index in [-0.39, 0.29) is 15.4 Å². The first-order valence-corrected chi connectivity index (χ1v) is 11.8. The summed E-state index contributed by atoms with van der Waals surface area (Å²) in [5, 5.41) is 10.1. The molecule has 1 aliphatic heterocycles. The van der Waals surface area contributed by atoms with E-state index in [0.717, 1.165) is 23.3 Å². The van der Waals surface area contributed by atoms with Crippen LogP contribution in [-0.2, 0) is 14.8 Å². The SMILES string of the molecule is Cc1cccc(C(=O)Nc2nnc(S(=O)(=O)Nc3cccc(N4CCCC4=O)c3)s2)c1. The number of nitrogens with one attached hydrogen (secondary N) is 2. The number of carbonyl (C=O) groups excluding carboxylic acids is 2. The van der Waals surface area contributed by atoms with Crippen molar-refractivity contribution in [1.29, 1.82) is 0 Å². The van der Waals surface area contributed by atoms with Gasteiger partial charge in [0.15, 0.2) is 0 Å². The molecule has 0 radical (unpaired) electrons. The Morgan fingerprint density at radius 1 is 1.13 bits per heavy atom. The van der Waals surface area contributed by atoms with E-state index in [1.165, 1.54) is 0 Å². The molecule has 0 aliphatic carbocycles. The van der Waals surface area contributed by atoms with E-state index in [0.29, 0.717) is 29.9 Å². The van der Waals surface area contributed by atoms with E-state index >= 15 is 0 Å². The molecule has 0 saturated carbocycles. The number of hydrogen-bond donors (Lipinski definition) is 2. The first kappa shape index (κ1) is 20.9. The third kappa shape index (κ3) is 4.72. The van der Waals surface area contributed by atoms with Gasteiger partial charge in [0.1, 0.15) is 0 Å². The van der Waals surface area contributed by atoms with Crippen molar-refractivity contribution in [1.82, 2.24) is 10.2 Å². The second-order valence-electron chi connectivity index (χ2n) is 7.00. The molecule has 4 rings (SSSR count). The van der Waals surface area contributed by atoms with Crippen LogP contribution in [0.3, 0.4) is 0 Å². The predicted octanol–water partition coefficient (Wildman–Crippen LogP) is 3.03. The zero-order valence-electron chi connectivity index (χ0n) is 16.5. The van der Waals surface area contributed by atoms with Gasteiger partial charge in [-0.15, -0.1) is 10.2 Å². The number of carbonyl (C=O) groups is 2. The van der Waals surface area contributed by atoms with Crippen molar-refractivity contribution in [3.63, 3.8) is 0 Å². The van der Waals surface area contributed by atoms with Crippen LogP contribution < -0.4 is 14.9 Å². The molecule has 0 bridgehead atoms. The molecule has 1 fully saturated rings. The Balaban J connectivity index is 1.48. The van der Waals surface area contributed by atoms with Crippen LogP contribution in [0.15, 0.2) is 52.9 Å². The number of nitrogens with zero attached hydrogens (tertiary/aromatic N) is 3. The van der Waals surface area contributed by atoms with Crippen molar-refractivity contribution in [3.8, 4) is 0 Å². The highest BCUT2D eigenvalue weighted by Crippen LogP contribution is 2.27. The molecule has 3 aromatic rings. The fourth-order valence-electron chi connectivity index (χ4n) is 3.18. The standard InChI is InChI=1S/C20H19N5O4S2/c1-13-5-2-6-14(11-13)18(27)21-19-22-23-20(30-19)31(28,29)24-15-7-3-8-16(12-15)25-10-4-9-17(25)26/h2-3,5-8,11-12,24H,4,9-10H2,1H3,(H,21,22,27). The Kier molecular flexibility index (Phi) is 5.70. The molecular weight excluding hydrogens is 438 g/mol. The second-order valence-corrected chi connectivity index (χ2v) is 9.84. The molecule has 0 atom stereocenters. The minimum atomic E-state index is -4.01. The van der Waals surface area contributed by atoms with E-state index in [2.05, 4.69) is 20.2 Å². The van der Waals surface area contributed by atoms with E-state index in [9.17, 15) is 18.0 Å². The molecule has 2 heterocycles. The lowest BCUT2D eigenvalue weighted by Gasteiger charge is -2.16. The summed E-state index contributed by atoms with van der Waals surface area (Å²) in [4.78, 5) is 25.9. The summed E-state index contributed by atoms with van der Waals surface area (Å²) in [6, 6.07) is 13.6. The summed E-state index contributed by atoms with van der Waals surface area (Å²) in [5.74, 6) is -0.391. The first-order valence-electron chi connectivity index (χ1n) is 9.47. The molecule has 0 spiro atoms. The lowest BCUT2D eigenvalue weighted by molar-refractivity contribution is -0.117. The predicted molar refractivity (Wildman–Crippen MR) is 118 cm³/mol. The van der Waals surface area contributed by atoms with Crippen molar-refractivity contribution in [2.24, 2.45) is 0 Å². The van der Waals surface area contributed by atoms with Crippen LogP contribution in [0, 0.1) is 6.92 Å². The summed E-state index contributed by atoms with van der Waals surface area (Å²) in [6.07, 6.45) is 1.26. The Hall–Kier alpha value is -3.31. The van der Waals surface area contributed by atoms with Gasteiger partial charge in [-0.3, -0.25) is 19.6 Å². The average molecular weight is 458 g/mol. The molecule has 11 heteroatoms. The van der Waals surface area contributed by atoms with Gasteiger partial charge >= 0.3 is 0 Å². The zero-order chi connectivity index (χ0) is 22.0. The van der Waals surface area contributed by atoms with Crippen molar-refractivity contribution in [3.05, 3.63) is 59.7 Å². The Morgan fingerprint density at radius 3 is 2.68 bits per heavy atom. The largest absolute Gasteiger partial charge is 0.312 e. The third-order valence-corrected chi connectivity index (χ3v) is 7.21. The summed E-state index contributed by atoms with van der Waals surface area (Å²) >= 11 is 0.747. The number of sulfonamides is 1. The number of amides is 2. The van der Waals surface area contributed by atoms with Gasteiger partial charge in [-0.2, -0.15) is 8.42 Å². The van der Waals surface area contributed by atoms with E-state index in [4.69, 9.17) is 0 Å². The van der Waals surface area contributed by atoms with Crippen LogP contribution in [0.2, 0.25) is 0 Å². The van der Waals surface area contributed by atoms with Gasteiger partial charge in [0.25, 0.3) is 20.3 Å². The van der Waals surface area contributed by atoms with Crippen LogP contribution in [-0.4, -0.2) is 37.0 Å². The van der Waals surface area contributed by atoms with Crippen LogP contribution in [0.5, 0.6) is 0 Å². The highest BCUT2D eigenvalue weighted by atomic mass is 32.2. The number of anilines is 3. The number of benzene rings is 2. The van der Waals surface area contributed by atoms with Gasteiger partial charge in [0.05, 0.1) is 5.69 Å². The number of aromatic nitrogens is 2. The number of aryl methyl sites for hydroxylation is 1. The monoisotopic (exact) mass is 457 g/mol. The van der Waals surface area contributed by atoms with Crippen molar-refractivity contribution < 1.29 is 18.0 Å². The van der Waals surface area contributed by atoms with Crippen LogP contribution in [0.1, 0.15) is 28.8 Å². The summed E-state index contributed by atoms with van der Waals surface area (Å²) < 4.78 is 27.6. The zero-order valence-corrected chi connectivity index (χ0v) is 18.2. The summed E-state index contributed by atoms with van der Waals surface area (Å²) in [5.41, 5.74) is 2.30. The van der Waals surface area contributed by atoms with Crippen molar-refractivity contribution in [2.75, 3.05) is 21.5 Å². The molecule has 1 aromatic heterocycles. The van der Waals surface area contributed by atoms with Gasteiger partial charge in [-0.1, -0.05) is 35.1 Å². The molecule has 160 valence electrons. The van der Waals surface area contributed by atoms with E-state index in [1.54, 1.807) is 47.4 Å². The molecule has 2 N–H and O–H groups in total. The van der Waals surface area contributed by atoms with E-state index < -0.39 is 15.9 Å². The molecule has 0 unspecified atom stereocenters. The smallest absolute Gasteiger partial charge is 0.291 e. The van der Waals surface area contributed by atoms with Crippen LogP contribution in [0.4, 0.5) is 16.5 Å². The number of rotatable bonds is 6. The topological polar surface area (TPSA) is 121 Å². The summed E-state index contributed by atoms with van der Waals surface area (Å²) in [7, 11) is -4.01. The Labute approximate surface area is 183 Å². The normalized spacial score (nSPS) is 14.0. The van der Waals surface area contributed by atoms with Crippen molar-refractivity contribution >= 4 is 49.7 Å². The fourth-order valence-corrected chi connectivity index (χ4v) is 5.13. The molecule has 1 saturated heterocycles. The lowest BCUT2D eigenvalue weighted by atomic mass is 10.1. The quantitative estimate of drug-likeness (QED) is 0.549. The molecular formula is C20H19N5O4S2. The minimum Gasteiger partial charge on any atom is -0.312 e. The van der Waals surface area contributed by atoms with Crippen LogP contribution in [0.25, 0.3) is 0 Å². The third-order valence-electron chi connectivity index (χ3n) is 4.62. The van der Waals surface area contributed by atoms with Gasteiger partial charge in [-0.25, -0.2) is 0 Å².